The Kier molecular flexibility index (Phi) is 16.0. The summed E-state index contributed by atoms with van der Waals surface area (Å²) in [5.74, 6) is 14.7. The largest absolute Gasteiger partial charge is 0.495 e. The summed E-state index contributed by atoms with van der Waals surface area (Å²) in [7, 11) is 1.64. The molecule has 5 aromatic rings. The number of rotatable bonds is 19. The number of hydrogen-bond donors (Lipinski definition) is 0. The number of benzene rings is 5. The number of ether oxygens (including phenoxy) is 5. The topological polar surface area (TPSA) is 80.3 Å². The van der Waals surface area contributed by atoms with Crippen LogP contribution in [0.5, 0.6) is 17.2 Å². The van der Waals surface area contributed by atoms with Gasteiger partial charge >= 0.3 is 11.9 Å². The van der Waals surface area contributed by atoms with Gasteiger partial charge in [-0.05, 0) is 140 Å². The molecule has 0 unspecified atom stereocenters. The lowest BCUT2D eigenvalue weighted by atomic mass is 10.1. The van der Waals surface area contributed by atoms with Crippen molar-refractivity contribution < 1.29 is 33.3 Å². The van der Waals surface area contributed by atoms with E-state index in [9.17, 15) is 9.59 Å². The molecule has 0 heterocycles. The second-order valence-electron chi connectivity index (χ2n) is 13.1. The smallest absolute Gasteiger partial charge is 0.330 e. The molecule has 0 aromatic heterocycles. The third-order valence-electron chi connectivity index (χ3n) is 8.95. The van der Waals surface area contributed by atoms with Crippen molar-refractivity contribution >= 4 is 33.5 Å². The molecular formula is C49H48O7. The van der Waals surface area contributed by atoms with Crippen LogP contribution in [0, 0.1) is 23.7 Å². The van der Waals surface area contributed by atoms with Gasteiger partial charge in [-0.25, -0.2) is 9.59 Å². The highest BCUT2D eigenvalue weighted by atomic mass is 16.5. The average molecular weight is 749 g/mol. The summed E-state index contributed by atoms with van der Waals surface area (Å²) in [6.45, 7) is 8.93. The molecule has 0 fully saturated rings. The number of carbonyl (C=O) groups is 2. The lowest BCUT2D eigenvalue weighted by Gasteiger charge is -2.08. The predicted molar refractivity (Wildman–Crippen MR) is 223 cm³/mol. The number of unbranched alkanes of at least 4 members (excludes halogenated alkanes) is 6. The third-order valence-corrected chi connectivity index (χ3v) is 8.95. The normalized spacial score (nSPS) is 10.4. The molecule has 0 aliphatic carbocycles. The zero-order valence-corrected chi connectivity index (χ0v) is 32.1. The molecule has 0 atom stereocenters. The fraction of sp³-hybridized carbons (Fsp3) is 0.265. The Hall–Kier alpha value is -6.44. The van der Waals surface area contributed by atoms with Crippen molar-refractivity contribution in [2.24, 2.45) is 0 Å². The van der Waals surface area contributed by atoms with Crippen LogP contribution < -0.4 is 14.2 Å². The van der Waals surface area contributed by atoms with E-state index in [1.54, 1.807) is 7.11 Å². The Balaban J connectivity index is 1.10. The van der Waals surface area contributed by atoms with E-state index in [-0.39, 0.29) is 11.9 Å². The minimum atomic E-state index is -0.373. The van der Waals surface area contributed by atoms with Crippen molar-refractivity contribution in [2.75, 3.05) is 33.5 Å². The molecular weight excluding hydrogens is 701 g/mol. The van der Waals surface area contributed by atoms with Gasteiger partial charge in [-0.1, -0.05) is 61.1 Å². The molecule has 7 heteroatoms. The van der Waals surface area contributed by atoms with E-state index in [1.165, 1.54) is 12.2 Å². The van der Waals surface area contributed by atoms with Crippen LogP contribution in [0.15, 0.2) is 116 Å². The summed E-state index contributed by atoms with van der Waals surface area (Å²) >= 11 is 0. The van der Waals surface area contributed by atoms with Gasteiger partial charge in [-0.3, -0.25) is 0 Å². The van der Waals surface area contributed by atoms with Crippen LogP contribution in [0.25, 0.3) is 21.5 Å². The van der Waals surface area contributed by atoms with Gasteiger partial charge in [0.15, 0.2) is 0 Å². The minimum Gasteiger partial charge on any atom is -0.495 e. The fourth-order valence-electron chi connectivity index (χ4n) is 5.90. The Labute approximate surface area is 330 Å². The summed E-state index contributed by atoms with van der Waals surface area (Å²) in [6.07, 6.45) is 9.90. The lowest BCUT2D eigenvalue weighted by molar-refractivity contribution is -0.138. The summed E-state index contributed by atoms with van der Waals surface area (Å²) < 4.78 is 27.6. The van der Waals surface area contributed by atoms with Gasteiger partial charge in [0.2, 0.25) is 0 Å². The van der Waals surface area contributed by atoms with E-state index in [4.69, 9.17) is 23.7 Å². The number of hydrogen-bond acceptors (Lipinski definition) is 7. The highest BCUT2D eigenvalue weighted by molar-refractivity contribution is 5.86. The fourth-order valence-corrected chi connectivity index (χ4v) is 5.90. The van der Waals surface area contributed by atoms with Crippen LogP contribution in [-0.2, 0) is 19.1 Å². The molecule has 0 saturated carbocycles. The molecule has 5 rings (SSSR count). The SMILES string of the molecule is C=CC(=O)OCCCCCCOc1ccc2cc(C#Cc3ccc(C#Cc4ccc5cc(OCCCCCCOC(=O)C=C)ccc5c4)c(OC)c3)ccc2c1. The van der Waals surface area contributed by atoms with Gasteiger partial charge < -0.3 is 23.7 Å². The van der Waals surface area contributed by atoms with Crippen molar-refractivity contribution in [2.45, 2.75) is 51.4 Å². The molecule has 0 aliphatic rings. The van der Waals surface area contributed by atoms with Crippen molar-refractivity contribution in [3.8, 4) is 40.9 Å². The van der Waals surface area contributed by atoms with Crippen LogP contribution >= 0.6 is 0 Å². The van der Waals surface area contributed by atoms with E-state index in [0.717, 1.165) is 107 Å². The van der Waals surface area contributed by atoms with Gasteiger partial charge in [-0.2, -0.15) is 0 Å². The Morgan fingerprint density at radius 3 is 1.39 bits per heavy atom. The molecule has 0 bridgehead atoms. The Bertz CT molecular complexity index is 2260. The van der Waals surface area contributed by atoms with Gasteiger partial charge in [0.1, 0.15) is 17.2 Å². The van der Waals surface area contributed by atoms with Crippen molar-refractivity contribution in [3.63, 3.8) is 0 Å². The van der Waals surface area contributed by atoms with Crippen LogP contribution in [0.3, 0.4) is 0 Å². The average Bonchev–Trinajstić information content (AvgIpc) is 3.23. The van der Waals surface area contributed by atoms with Gasteiger partial charge in [-0.15, -0.1) is 0 Å². The predicted octanol–water partition coefficient (Wildman–Crippen LogP) is 10.1. The molecule has 0 amide bonds. The molecule has 5 aromatic carbocycles. The first-order chi connectivity index (χ1) is 27.4. The zero-order valence-electron chi connectivity index (χ0n) is 32.1. The van der Waals surface area contributed by atoms with E-state index < -0.39 is 0 Å². The van der Waals surface area contributed by atoms with Gasteiger partial charge in [0, 0.05) is 28.8 Å². The van der Waals surface area contributed by atoms with Crippen LogP contribution in [-0.4, -0.2) is 45.5 Å². The Morgan fingerprint density at radius 1 is 0.500 bits per heavy atom. The van der Waals surface area contributed by atoms with Crippen LogP contribution in [0.1, 0.15) is 73.6 Å². The molecule has 0 spiro atoms. The highest BCUT2D eigenvalue weighted by Crippen LogP contribution is 2.25. The maximum atomic E-state index is 11.1. The maximum Gasteiger partial charge on any atom is 0.330 e. The summed E-state index contributed by atoms with van der Waals surface area (Å²) in [5.41, 5.74) is 3.45. The monoisotopic (exact) mass is 748 g/mol. The molecule has 0 aliphatic heterocycles. The second-order valence-corrected chi connectivity index (χ2v) is 13.1. The van der Waals surface area contributed by atoms with E-state index >= 15 is 0 Å². The molecule has 7 nitrogen and oxygen atoms in total. The van der Waals surface area contributed by atoms with E-state index in [1.807, 2.05) is 42.5 Å². The summed E-state index contributed by atoms with van der Waals surface area (Å²) in [4.78, 5) is 22.2. The number of methoxy groups -OCH3 is 1. The van der Waals surface area contributed by atoms with Crippen LogP contribution in [0.4, 0.5) is 0 Å². The summed E-state index contributed by atoms with van der Waals surface area (Å²) in [6, 6.07) is 30.3. The number of fused-ring (bicyclic) bond motifs is 2. The minimum absolute atomic E-state index is 0.373. The first-order valence-electron chi connectivity index (χ1n) is 19.1. The standard InChI is InChI=1S/C49H48O7/c1-4-48(50)55-30-12-8-6-10-28-53-45-26-24-41-32-37(18-22-43(41)35-45)14-15-39-17-21-40(47(34-39)52-3)20-16-38-19-23-44-36-46(27-25-42(44)33-38)54-29-11-7-9-13-31-56-49(51)5-2/h4-5,17-19,21-27,32-36H,1-2,6-13,28-31H2,3H3. The van der Waals surface area contributed by atoms with Gasteiger partial charge in [0.05, 0.1) is 39.1 Å². The summed E-state index contributed by atoms with van der Waals surface area (Å²) in [5, 5.41) is 4.36. The van der Waals surface area contributed by atoms with Crippen LogP contribution in [0.2, 0.25) is 0 Å². The van der Waals surface area contributed by atoms with E-state index in [2.05, 4.69) is 85.4 Å². The number of esters is 2. The first-order valence-corrected chi connectivity index (χ1v) is 19.1. The van der Waals surface area contributed by atoms with E-state index in [0.29, 0.717) is 32.2 Å². The van der Waals surface area contributed by atoms with Gasteiger partial charge in [0.25, 0.3) is 0 Å². The first kappa shape index (κ1) is 40.7. The lowest BCUT2D eigenvalue weighted by Crippen LogP contribution is -2.02. The quantitative estimate of drug-likeness (QED) is 0.0360. The molecule has 0 saturated heterocycles. The molecule has 0 radical (unpaired) electrons. The third kappa shape index (κ3) is 13.1. The zero-order chi connectivity index (χ0) is 39.4. The van der Waals surface area contributed by atoms with Crippen molar-refractivity contribution in [3.05, 3.63) is 139 Å². The molecule has 56 heavy (non-hydrogen) atoms. The Morgan fingerprint density at radius 2 is 0.911 bits per heavy atom. The maximum absolute atomic E-state index is 11.1. The number of carbonyl (C=O) groups excluding carboxylic acids is 2. The van der Waals surface area contributed by atoms with Crippen molar-refractivity contribution in [1.82, 2.24) is 0 Å². The highest BCUT2D eigenvalue weighted by Gasteiger charge is 2.04. The second kappa shape index (κ2) is 22.1. The molecule has 286 valence electrons. The van der Waals surface area contributed by atoms with Crippen molar-refractivity contribution in [1.29, 1.82) is 0 Å². The molecule has 0 N–H and O–H groups in total.